The predicted octanol–water partition coefficient (Wildman–Crippen LogP) is 4.82. The molecular formula is C29H29FN4O2. The van der Waals surface area contributed by atoms with E-state index in [4.69, 9.17) is 0 Å². The van der Waals surface area contributed by atoms with E-state index in [9.17, 15) is 19.6 Å². The number of nitriles is 1. The molecule has 2 fully saturated rings. The molecule has 2 N–H and O–H groups in total. The lowest BCUT2D eigenvalue weighted by Gasteiger charge is -2.57. The lowest BCUT2D eigenvalue weighted by Crippen LogP contribution is -2.68. The van der Waals surface area contributed by atoms with Gasteiger partial charge < -0.3 is 15.3 Å². The highest BCUT2D eigenvalue weighted by atomic mass is 19.1. The lowest BCUT2D eigenvalue weighted by molar-refractivity contribution is -0.0585. The van der Waals surface area contributed by atoms with Gasteiger partial charge in [0.25, 0.3) is 0 Å². The minimum Gasteiger partial charge on any atom is -0.395 e. The van der Waals surface area contributed by atoms with Gasteiger partial charge in [0, 0.05) is 36.8 Å². The molecule has 0 saturated carbocycles. The van der Waals surface area contributed by atoms with Gasteiger partial charge in [-0.05, 0) is 72.5 Å². The van der Waals surface area contributed by atoms with E-state index in [-0.39, 0.29) is 36.5 Å². The first kappa shape index (κ1) is 24.0. The highest BCUT2D eigenvalue weighted by Gasteiger charge is 2.49. The van der Waals surface area contributed by atoms with Crippen LogP contribution >= 0.6 is 0 Å². The van der Waals surface area contributed by atoms with Crippen LogP contribution < -0.4 is 5.32 Å². The Morgan fingerprint density at radius 1 is 1.03 bits per heavy atom. The molecule has 2 aliphatic heterocycles. The Hall–Kier alpha value is -3.73. The number of halogens is 1. The molecule has 0 bridgehead atoms. The molecule has 0 aliphatic carbocycles. The van der Waals surface area contributed by atoms with E-state index < -0.39 is 0 Å². The molecule has 0 radical (unpaired) electrons. The van der Waals surface area contributed by atoms with Crippen molar-refractivity contribution in [3.8, 4) is 17.2 Å². The number of aliphatic hydroxyl groups is 1. The Morgan fingerprint density at radius 2 is 1.78 bits per heavy atom. The Labute approximate surface area is 210 Å². The number of hydrogen-bond acceptors (Lipinski definition) is 4. The van der Waals surface area contributed by atoms with Crippen molar-refractivity contribution < 1.29 is 14.3 Å². The molecule has 6 nitrogen and oxygen atoms in total. The van der Waals surface area contributed by atoms with Gasteiger partial charge in [-0.15, -0.1) is 0 Å². The number of benzene rings is 3. The fraction of sp³-hybridized carbons (Fsp3) is 0.310. The van der Waals surface area contributed by atoms with Gasteiger partial charge in [-0.2, -0.15) is 5.26 Å². The number of hydrogen-bond donors (Lipinski definition) is 2. The SMILES string of the molecule is N#Cc1cccc(-c2ccc([C@H]3[C@H](CO)N4CCCCN(C(=O)Nc5ccc(F)cc5)C[C@@H]34)cc2)c1. The third-order valence-electron chi connectivity index (χ3n) is 7.37. The zero-order valence-corrected chi connectivity index (χ0v) is 20.0. The molecule has 0 unspecified atom stereocenters. The van der Waals surface area contributed by atoms with E-state index in [1.54, 1.807) is 18.2 Å². The normalized spacial score (nSPS) is 21.9. The topological polar surface area (TPSA) is 79.6 Å². The Bertz CT molecular complexity index is 1260. The first-order chi connectivity index (χ1) is 17.6. The van der Waals surface area contributed by atoms with Gasteiger partial charge in [0.05, 0.1) is 18.2 Å². The van der Waals surface area contributed by atoms with Crippen molar-refractivity contribution in [2.75, 3.05) is 31.6 Å². The van der Waals surface area contributed by atoms with Crippen molar-refractivity contribution in [1.82, 2.24) is 9.80 Å². The van der Waals surface area contributed by atoms with Crippen molar-refractivity contribution in [2.24, 2.45) is 0 Å². The number of amides is 2. The summed E-state index contributed by atoms with van der Waals surface area (Å²) in [4.78, 5) is 17.2. The molecule has 5 rings (SSSR count). The van der Waals surface area contributed by atoms with Crippen LogP contribution in [0.4, 0.5) is 14.9 Å². The number of fused-ring (bicyclic) bond motifs is 1. The van der Waals surface area contributed by atoms with Gasteiger partial charge in [-0.1, -0.05) is 36.4 Å². The number of carbonyl (C=O) groups is 1. The number of nitrogens with one attached hydrogen (secondary N) is 1. The van der Waals surface area contributed by atoms with Gasteiger partial charge in [0.15, 0.2) is 0 Å². The molecule has 7 heteroatoms. The second kappa shape index (κ2) is 10.5. The fourth-order valence-electron chi connectivity index (χ4n) is 5.53. The van der Waals surface area contributed by atoms with Crippen LogP contribution in [-0.4, -0.2) is 59.3 Å². The number of rotatable bonds is 4. The van der Waals surface area contributed by atoms with E-state index in [1.165, 1.54) is 12.1 Å². The largest absolute Gasteiger partial charge is 0.395 e. The quantitative estimate of drug-likeness (QED) is 0.557. The average molecular weight is 485 g/mol. The second-order valence-electron chi connectivity index (χ2n) is 9.49. The summed E-state index contributed by atoms with van der Waals surface area (Å²) in [5, 5.41) is 22.3. The van der Waals surface area contributed by atoms with Gasteiger partial charge in [0.2, 0.25) is 0 Å². The maximum atomic E-state index is 13.2. The summed E-state index contributed by atoms with van der Waals surface area (Å²) < 4.78 is 13.2. The number of aliphatic hydroxyl groups excluding tert-OH is 1. The summed E-state index contributed by atoms with van der Waals surface area (Å²) in [5.41, 5.74) is 4.35. The number of carbonyl (C=O) groups excluding carboxylic acids is 1. The Kier molecular flexibility index (Phi) is 6.99. The van der Waals surface area contributed by atoms with Crippen molar-refractivity contribution in [2.45, 2.75) is 30.8 Å². The molecule has 2 heterocycles. The lowest BCUT2D eigenvalue weighted by atomic mass is 9.74. The van der Waals surface area contributed by atoms with Gasteiger partial charge >= 0.3 is 6.03 Å². The van der Waals surface area contributed by atoms with Gasteiger partial charge in [-0.3, -0.25) is 4.90 Å². The molecule has 2 amide bonds. The van der Waals surface area contributed by atoms with Gasteiger partial charge in [-0.25, -0.2) is 9.18 Å². The van der Waals surface area contributed by atoms with Crippen molar-refractivity contribution in [3.63, 3.8) is 0 Å². The minimum atomic E-state index is -0.342. The monoisotopic (exact) mass is 484 g/mol. The highest BCUT2D eigenvalue weighted by molar-refractivity contribution is 5.89. The predicted molar refractivity (Wildman–Crippen MR) is 137 cm³/mol. The summed E-state index contributed by atoms with van der Waals surface area (Å²) in [6.07, 6.45) is 1.84. The zero-order valence-electron chi connectivity index (χ0n) is 20.0. The van der Waals surface area contributed by atoms with Crippen LogP contribution in [0, 0.1) is 17.1 Å². The first-order valence-electron chi connectivity index (χ1n) is 12.4. The maximum absolute atomic E-state index is 13.2. The van der Waals surface area contributed by atoms with Crippen LogP contribution in [0.2, 0.25) is 0 Å². The minimum absolute atomic E-state index is 0.0166. The molecule has 0 aromatic heterocycles. The van der Waals surface area contributed by atoms with Gasteiger partial charge in [0.1, 0.15) is 5.82 Å². The number of urea groups is 1. The second-order valence-corrected chi connectivity index (χ2v) is 9.49. The fourth-order valence-corrected chi connectivity index (χ4v) is 5.53. The van der Waals surface area contributed by atoms with E-state index in [2.05, 4.69) is 40.6 Å². The van der Waals surface area contributed by atoms with E-state index in [0.717, 1.165) is 36.1 Å². The Morgan fingerprint density at radius 3 is 2.50 bits per heavy atom. The zero-order chi connectivity index (χ0) is 25.1. The van der Waals surface area contributed by atoms with Crippen molar-refractivity contribution in [1.29, 1.82) is 5.26 Å². The first-order valence-corrected chi connectivity index (χ1v) is 12.4. The molecule has 184 valence electrons. The van der Waals surface area contributed by atoms with Crippen LogP contribution in [0.15, 0.2) is 72.8 Å². The van der Waals surface area contributed by atoms with Crippen LogP contribution in [0.25, 0.3) is 11.1 Å². The summed E-state index contributed by atoms with van der Waals surface area (Å²) in [5.74, 6) is -0.236. The molecular weight excluding hydrogens is 455 g/mol. The molecule has 3 atom stereocenters. The smallest absolute Gasteiger partial charge is 0.321 e. The number of nitrogens with zero attached hydrogens (tertiary/aromatic N) is 3. The molecule has 3 aromatic carbocycles. The third kappa shape index (κ3) is 4.83. The third-order valence-corrected chi connectivity index (χ3v) is 7.37. The average Bonchev–Trinajstić information content (AvgIpc) is 2.89. The number of anilines is 1. The molecule has 2 saturated heterocycles. The van der Waals surface area contributed by atoms with Crippen LogP contribution in [0.5, 0.6) is 0 Å². The van der Waals surface area contributed by atoms with E-state index in [1.807, 2.05) is 23.1 Å². The highest BCUT2D eigenvalue weighted by Crippen LogP contribution is 2.42. The van der Waals surface area contributed by atoms with Crippen LogP contribution in [0.1, 0.15) is 29.9 Å². The Balaban J connectivity index is 1.34. The summed E-state index contributed by atoms with van der Waals surface area (Å²) in [6, 6.07) is 23.8. The summed E-state index contributed by atoms with van der Waals surface area (Å²) in [7, 11) is 0. The van der Waals surface area contributed by atoms with Crippen LogP contribution in [0.3, 0.4) is 0 Å². The van der Waals surface area contributed by atoms with Crippen molar-refractivity contribution >= 4 is 11.7 Å². The van der Waals surface area contributed by atoms with E-state index >= 15 is 0 Å². The molecule has 2 aliphatic rings. The van der Waals surface area contributed by atoms with Crippen LogP contribution in [-0.2, 0) is 0 Å². The molecule has 3 aromatic rings. The molecule has 36 heavy (non-hydrogen) atoms. The standard InChI is InChI=1S/C29H29FN4O2/c30-24-10-12-25(13-11-24)32-29(36)33-14-1-2-15-34-26(18-33)28(27(34)19-35)22-8-6-21(7-9-22)23-5-3-4-20(16-23)17-31/h3-13,16,26-28,35H,1-2,14-15,18-19H2,(H,32,36)/t26-,27-,28+/m0/s1. The maximum Gasteiger partial charge on any atom is 0.321 e. The van der Waals surface area contributed by atoms with E-state index in [0.29, 0.717) is 24.3 Å². The van der Waals surface area contributed by atoms with Crippen molar-refractivity contribution in [3.05, 3.63) is 89.7 Å². The summed E-state index contributed by atoms with van der Waals surface area (Å²) in [6.45, 7) is 2.18. The summed E-state index contributed by atoms with van der Waals surface area (Å²) >= 11 is 0. The molecule has 0 spiro atoms.